The minimum Gasteiger partial charge on any atom is -0.480 e. The molecular weight excluding hydrogens is 458 g/mol. The van der Waals surface area contributed by atoms with Crippen molar-refractivity contribution in [1.82, 2.24) is 16.0 Å². The van der Waals surface area contributed by atoms with Crippen LogP contribution in [0.4, 0.5) is 0 Å². The Hall–Kier alpha value is -3.51. The normalized spacial score (nSPS) is 15.3. The summed E-state index contributed by atoms with van der Waals surface area (Å²) in [6.45, 7) is 4.98. The molecule has 0 saturated carbocycles. The smallest absolute Gasteiger partial charge is 0.326 e. The molecule has 1 aromatic carbocycles. The van der Waals surface area contributed by atoms with Crippen molar-refractivity contribution in [3.05, 3.63) is 35.9 Å². The van der Waals surface area contributed by atoms with E-state index in [2.05, 4.69) is 16.0 Å². The highest BCUT2D eigenvalue weighted by molar-refractivity contribution is 5.96. The molecule has 35 heavy (non-hydrogen) atoms. The van der Waals surface area contributed by atoms with E-state index in [9.17, 15) is 34.2 Å². The molecule has 1 rings (SSSR count). The van der Waals surface area contributed by atoms with Gasteiger partial charge in [0.2, 0.25) is 23.6 Å². The van der Waals surface area contributed by atoms with Crippen LogP contribution in [0.15, 0.2) is 30.3 Å². The Bertz CT molecular complexity index is 892. The van der Waals surface area contributed by atoms with E-state index in [0.29, 0.717) is 12.0 Å². The van der Waals surface area contributed by atoms with Crippen LogP contribution in [0.25, 0.3) is 0 Å². The quantitative estimate of drug-likeness (QED) is 0.160. The van der Waals surface area contributed by atoms with Crippen molar-refractivity contribution in [2.24, 2.45) is 17.4 Å². The topological polar surface area (TPSA) is 214 Å². The number of amides is 4. The number of nitrogens with one attached hydrogen (secondary N) is 3. The lowest BCUT2D eigenvalue weighted by atomic mass is 10.0. The minimum absolute atomic E-state index is 0.0424. The second kappa shape index (κ2) is 14.0. The van der Waals surface area contributed by atoms with E-state index in [-0.39, 0.29) is 12.3 Å². The van der Waals surface area contributed by atoms with Gasteiger partial charge >= 0.3 is 5.97 Å². The van der Waals surface area contributed by atoms with Crippen molar-refractivity contribution in [3.8, 4) is 0 Å². The van der Waals surface area contributed by atoms with Gasteiger partial charge in [-0.3, -0.25) is 19.2 Å². The van der Waals surface area contributed by atoms with E-state index in [0.717, 1.165) is 0 Å². The van der Waals surface area contributed by atoms with Crippen LogP contribution in [0.3, 0.4) is 0 Å². The van der Waals surface area contributed by atoms with Crippen molar-refractivity contribution in [2.45, 2.75) is 70.3 Å². The van der Waals surface area contributed by atoms with Crippen molar-refractivity contribution in [2.75, 3.05) is 0 Å². The number of hydrogen-bond acceptors (Lipinski definition) is 7. The fourth-order valence-electron chi connectivity index (χ4n) is 3.27. The summed E-state index contributed by atoms with van der Waals surface area (Å²) in [6, 6.07) is 3.25. The zero-order valence-electron chi connectivity index (χ0n) is 20.1. The van der Waals surface area contributed by atoms with Gasteiger partial charge in [-0.25, -0.2) is 4.79 Å². The second-order valence-electron chi connectivity index (χ2n) is 8.78. The predicted octanol–water partition coefficient (Wildman–Crippen LogP) is -1.60. The molecule has 0 aromatic heterocycles. The van der Waals surface area contributed by atoms with Crippen LogP contribution >= 0.6 is 0 Å². The largest absolute Gasteiger partial charge is 0.480 e. The number of primary amides is 1. The van der Waals surface area contributed by atoms with Gasteiger partial charge in [-0.1, -0.05) is 44.2 Å². The van der Waals surface area contributed by atoms with Crippen molar-refractivity contribution in [1.29, 1.82) is 0 Å². The minimum atomic E-state index is -1.54. The summed E-state index contributed by atoms with van der Waals surface area (Å²) in [7, 11) is 0. The molecule has 5 unspecified atom stereocenters. The van der Waals surface area contributed by atoms with Gasteiger partial charge < -0.3 is 37.6 Å². The zero-order valence-corrected chi connectivity index (χ0v) is 20.1. The molecule has 0 radical (unpaired) electrons. The standard InChI is InChI=1S/C23H35N5O7/c1-12(2)9-15(24)20(31)28-19(13(3)29)22(33)26-16(11-18(25)30)21(32)27-17(23(34)35)10-14-7-5-4-6-8-14/h4-8,12-13,15-17,19,29H,9-11,24H2,1-3H3,(H2,25,30)(H,26,33)(H,27,32)(H,28,31)(H,34,35). The van der Waals surface area contributed by atoms with E-state index in [4.69, 9.17) is 11.5 Å². The maximum atomic E-state index is 12.8. The Morgan fingerprint density at radius 3 is 1.94 bits per heavy atom. The van der Waals surface area contributed by atoms with Gasteiger partial charge in [0.15, 0.2) is 0 Å². The Balaban J connectivity index is 2.97. The van der Waals surface area contributed by atoms with Gasteiger partial charge in [0, 0.05) is 6.42 Å². The molecule has 0 aliphatic rings. The molecule has 194 valence electrons. The van der Waals surface area contributed by atoms with Crippen LogP contribution in [0, 0.1) is 5.92 Å². The van der Waals surface area contributed by atoms with Gasteiger partial charge in [0.1, 0.15) is 18.1 Å². The molecule has 1 aromatic rings. The molecule has 0 saturated heterocycles. The van der Waals surface area contributed by atoms with Gasteiger partial charge in [0.25, 0.3) is 0 Å². The van der Waals surface area contributed by atoms with E-state index in [1.165, 1.54) is 6.92 Å². The number of hydrogen-bond donors (Lipinski definition) is 7. The Morgan fingerprint density at radius 2 is 1.46 bits per heavy atom. The number of rotatable bonds is 14. The van der Waals surface area contributed by atoms with Crippen LogP contribution < -0.4 is 27.4 Å². The number of aliphatic hydroxyl groups is 1. The van der Waals surface area contributed by atoms with Gasteiger partial charge in [-0.15, -0.1) is 0 Å². The van der Waals surface area contributed by atoms with Gasteiger partial charge in [0.05, 0.1) is 18.6 Å². The van der Waals surface area contributed by atoms with E-state index in [1.807, 2.05) is 13.8 Å². The summed E-state index contributed by atoms with van der Waals surface area (Å²) >= 11 is 0. The molecule has 0 aliphatic carbocycles. The summed E-state index contributed by atoms with van der Waals surface area (Å²) in [4.78, 5) is 61.1. The van der Waals surface area contributed by atoms with Crippen LogP contribution in [0.1, 0.15) is 39.2 Å². The van der Waals surface area contributed by atoms with Crippen molar-refractivity contribution >= 4 is 29.6 Å². The number of carbonyl (C=O) groups is 5. The molecule has 0 aliphatic heterocycles. The highest BCUT2D eigenvalue weighted by Gasteiger charge is 2.33. The molecule has 0 spiro atoms. The lowest BCUT2D eigenvalue weighted by molar-refractivity contribution is -0.142. The van der Waals surface area contributed by atoms with Crippen LogP contribution in [0.5, 0.6) is 0 Å². The Labute approximate surface area is 203 Å². The Morgan fingerprint density at radius 1 is 0.886 bits per heavy atom. The SMILES string of the molecule is CC(C)CC(N)C(=O)NC(C(=O)NC(CC(N)=O)C(=O)NC(Cc1ccccc1)C(=O)O)C(C)O. The molecule has 5 atom stereocenters. The number of benzene rings is 1. The summed E-state index contributed by atoms with van der Waals surface area (Å²) < 4.78 is 0. The number of carboxylic acid groups (broad SMARTS) is 1. The average Bonchev–Trinajstić information content (AvgIpc) is 2.75. The molecule has 12 heteroatoms. The summed E-state index contributed by atoms with van der Waals surface area (Å²) in [5.74, 6) is -4.76. The fourth-order valence-corrected chi connectivity index (χ4v) is 3.27. The predicted molar refractivity (Wildman–Crippen MR) is 126 cm³/mol. The molecule has 0 heterocycles. The molecule has 0 bridgehead atoms. The first-order chi connectivity index (χ1) is 16.3. The van der Waals surface area contributed by atoms with Crippen LogP contribution in [-0.2, 0) is 30.4 Å². The van der Waals surface area contributed by atoms with Crippen molar-refractivity contribution in [3.63, 3.8) is 0 Å². The monoisotopic (exact) mass is 493 g/mol. The number of carboxylic acids is 1. The highest BCUT2D eigenvalue weighted by atomic mass is 16.4. The molecular formula is C23H35N5O7. The number of aliphatic carboxylic acids is 1. The van der Waals surface area contributed by atoms with Gasteiger partial charge in [-0.05, 0) is 24.8 Å². The number of aliphatic hydroxyl groups excluding tert-OH is 1. The van der Waals surface area contributed by atoms with Gasteiger partial charge in [-0.2, -0.15) is 0 Å². The van der Waals surface area contributed by atoms with E-state index < -0.39 is 66.3 Å². The van der Waals surface area contributed by atoms with Crippen molar-refractivity contribution < 1.29 is 34.2 Å². The third-order valence-electron chi connectivity index (χ3n) is 5.06. The zero-order chi connectivity index (χ0) is 26.7. The van der Waals surface area contributed by atoms with E-state index in [1.54, 1.807) is 30.3 Å². The molecule has 12 nitrogen and oxygen atoms in total. The molecule has 9 N–H and O–H groups in total. The third kappa shape index (κ3) is 10.5. The lowest BCUT2D eigenvalue weighted by Gasteiger charge is -2.26. The van der Waals surface area contributed by atoms with Crippen LogP contribution in [-0.4, -0.2) is 70.1 Å². The first-order valence-corrected chi connectivity index (χ1v) is 11.2. The maximum Gasteiger partial charge on any atom is 0.326 e. The molecule has 0 fully saturated rings. The first kappa shape index (κ1) is 29.5. The summed E-state index contributed by atoms with van der Waals surface area (Å²) in [6.07, 6.45) is -1.71. The number of nitrogens with two attached hydrogens (primary N) is 2. The lowest BCUT2D eigenvalue weighted by Crippen LogP contribution is -2.60. The van der Waals surface area contributed by atoms with Crippen LogP contribution in [0.2, 0.25) is 0 Å². The first-order valence-electron chi connectivity index (χ1n) is 11.2. The maximum absolute atomic E-state index is 12.8. The third-order valence-corrected chi connectivity index (χ3v) is 5.06. The number of carbonyl (C=O) groups excluding carboxylic acids is 4. The fraction of sp³-hybridized carbons (Fsp3) is 0.522. The second-order valence-corrected chi connectivity index (χ2v) is 8.78. The summed E-state index contributed by atoms with van der Waals surface area (Å²) in [5.41, 5.74) is 11.7. The average molecular weight is 494 g/mol. The Kier molecular flexibility index (Phi) is 11.8. The molecule has 4 amide bonds. The highest BCUT2D eigenvalue weighted by Crippen LogP contribution is 2.06. The summed E-state index contributed by atoms with van der Waals surface area (Å²) in [5, 5.41) is 26.4. The van der Waals surface area contributed by atoms with E-state index >= 15 is 0 Å².